The van der Waals surface area contributed by atoms with E-state index >= 15 is 0 Å². The second kappa shape index (κ2) is 17.3. The maximum absolute atomic E-state index is 14.0. The molecule has 3 aromatic rings. The number of carbonyl (C=O) groups is 1. The number of aromatic nitrogens is 2. The van der Waals surface area contributed by atoms with Crippen molar-refractivity contribution < 1.29 is 9.53 Å². The lowest BCUT2D eigenvalue weighted by Gasteiger charge is -2.41. The molecule has 2 fully saturated rings. The number of benzene rings is 1. The van der Waals surface area contributed by atoms with Crippen LogP contribution in [0.2, 0.25) is 0 Å². The predicted octanol–water partition coefficient (Wildman–Crippen LogP) is 6.99. The number of carbonyl (C=O) groups excluding carboxylic acids is 1. The smallest absolute Gasteiger partial charge is 0.308 e. The molecular weight excluding hydrogens is 586 g/mol. The molecule has 4 heterocycles. The molecule has 0 radical (unpaired) electrons. The van der Waals surface area contributed by atoms with Crippen LogP contribution in [-0.4, -0.2) is 64.7 Å². The van der Waals surface area contributed by atoms with E-state index in [1.165, 1.54) is 18.4 Å². The lowest BCUT2D eigenvalue weighted by atomic mass is 9.96. The molecule has 0 saturated carbocycles. The maximum atomic E-state index is 14.0. The second-order valence-electron chi connectivity index (χ2n) is 12.6. The van der Waals surface area contributed by atoms with Gasteiger partial charge in [-0.2, -0.15) is 0 Å². The van der Waals surface area contributed by atoms with Gasteiger partial charge in [0.05, 0.1) is 18.5 Å². The molecule has 0 spiro atoms. The van der Waals surface area contributed by atoms with Crippen molar-refractivity contribution in [3.63, 3.8) is 0 Å². The number of rotatable bonds is 10. The average molecular weight is 642 g/mol. The Morgan fingerprint density at radius 2 is 1.85 bits per heavy atom. The van der Waals surface area contributed by atoms with Gasteiger partial charge in [0.2, 0.25) is 0 Å². The number of hydrogen-bond acceptors (Lipinski definition) is 7. The fourth-order valence-electron chi connectivity index (χ4n) is 6.97. The van der Waals surface area contributed by atoms with Gasteiger partial charge in [-0.25, -0.2) is 0 Å². The lowest BCUT2D eigenvalue weighted by molar-refractivity contribution is -0.146. The molecule has 0 amide bonds. The van der Waals surface area contributed by atoms with Crippen molar-refractivity contribution in [2.45, 2.75) is 85.9 Å². The van der Waals surface area contributed by atoms with Crippen molar-refractivity contribution in [1.82, 2.24) is 19.4 Å². The van der Waals surface area contributed by atoms with Gasteiger partial charge in [-0.15, -0.1) is 0 Å². The number of anilines is 1. The number of esters is 1. The zero-order chi connectivity index (χ0) is 33.9. The molecule has 2 saturated heterocycles. The normalized spacial score (nSPS) is 17.7. The van der Waals surface area contributed by atoms with Crippen LogP contribution >= 0.6 is 0 Å². The number of allylic oxidation sites excluding steroid dienone is 3. The van der Waals surface area contributed by atoms with Crippen molar-refractivity contribution in [2.24, 2.45) is 13.0 Å². The van der Waals surface area contributed by atoms with Crippen LogP contribution in [0.25, 0.3) is 10.9 Å². The summed E-state index contributed by atoms with van der Waals surface area (Å²) >= 11 is 0. The van der Waals surface area contributed by atoms with Crippen LogP contribution in [0.15, 0.2) is 71.4 Å². The van der Waals surface area contributed by atoms with E-state index < -0.39 is 0 Å². The van der Waals surface area contributed by atoms with Gasteiger partial charge in [-0.05, 0) is 87.9 Å². The number of methoxy groups -OCH3 is 1. The molecule has 8 heteroatoms. The number of aryl methyl sites for hydroxylation is 2. The van der Waals surface area contributed by atoms with Crippen LogP contribution in [0.3, 0.4) is 0 Å². The van der Waals surface area contributed by atoms with E-state index in [-0.39, 0.29) is 17.3 Å². The Hall–Kier alpha value is -3.91. The first kappa shape index (κ1) is 35.9. The zero-order valence-corrected chi connectivity index (χ0v) is 29.7. The minimum atomic E-state index is -0.118. The summed E-state index contributed by atoms with van der Waals surface area (Å²) in [5.74, 6) is -0.154. The number of ether oxygens (including phenoxy) is 1. The molecule has 2 aliphatic heterocycles. The summed E-state index contributed by atoms with van der Waals surface area (Å²) in [6.07, 6.45) is 15.4. The van der Waals surface area contributed by atoms with Gasteiger partial charge in [0, 0.05) is 92.8 Å². The van der Waals surface area contributed by atoms with Crippen LogP contribution in [0.1, 0.15) is 76.6 Å². The van der Waals surface area contributed by atoms with Crippen LogP contribution in [0.4, 0.5) is 5.69 Å². The highest BCUT2D eigenvalue weighted by Gasteiger charge is 2.28. The Morgan fingerprint density at radius 1 is 1.09 bits per heavy atom. The Balaban J connectivity index is 0.00000245. The molecule has 5 rings (SSSR count). The molecule has 0 aliphatic carbocycles. The Kier molecular flexibility index (Phi) is 13.2. The van der Waals surface area contributed by atoms with Gasteiger partial charge in [-0.1, -0.05) is 32.9 Å². The second-order valence-corrected chi connectivity index (χ2v) is 12.6. The van der Waals surface area contributed by atoms with Gasteiger partial charge in [0.1, 0.15) is 0 Å². The van der Waals surface area contributed by atoms with Crippen molar-refractivity contribution in [3.05, 3.63) is 93.7 Å². The Bertz CT molecular complexity index is 1600. The summed E-state index contributed by atoms with van der Waals surface area (Å²) in [6, 6.07) is 10.7. The SMILES string of the molecule is C/C=C(\C=C/CC)N1CCC[C@H](N(Cc2ccnc(C)c2)Cc2cn(C)c3cc(N4CCC(C(=O)OC)CC4)ccc3c2=O)C1.CC. The topological polar surface area (TPSA) is 70.9 Å². The average Bonchev–Trinajstić information content (AvgIpc) is 3.11. The van der Waals surface area contributed by atoms with Crippen LogP contribution < -0.4 is 10.3 Å². The van der Waals surface area contributed by atoms with E-state index in [4.69, 9.17) is 4.74 Å². The van der Waals surface area contributed by atoms with Gasteiger partial charge in [-0.3, -0.25) is 19.5 Å². The fourth-order valence-corrected chi connectivity index (χ4v) is 6.97. The van der Waals surface area contributed by atoms with Gasteiger partial charge >= 0.3 is 5.97 Å². The van der Waals surface area contributed by atoms with Crippen molar-refractivity contribution in [3.8, 4) is 0 Å². The first-order valence-corrected chi connectivity index (χ1v) is 17.5. The zero-order valence-electron chi connectivity index (χ0n) is 29.7. The molecule has 1 atom stereocenters. The van der Waals surface area contributed by atoms with E-state index in [1.807, 2.05) is 46.3 Å². The number of hydrogen-bond donors (Lipinski definition) is 0. The molecule has 0 bridgehead atoms. The largest absolute Gasteiger partial charge is 0.469 e. The summed E-state index contributed by atoms with van der Waals surface area (Å²) in [5.41, 5.74) is 6.42. The monoisotopic (exact) mass is 641 g/mol. The highest BCUT2D eigenvalue weighted by atomic mass is 16.5. The summed E-state index contributed by atoms with van der Waals surface area (Å²) in [4.78, 5) is 37.8. The fraction of sp³-hybridized carbons (Fsp3) is 0.513. The molecule has 47 heavy (non-hydrogen) atoms. The van der Waals surface area contributed by atoms with E-state index in [0.717, 1.165) is 92.7 Å². The quantitative estimate of drug-likeness (QED) is 0.175. The predicted molar refractivity (Wildman–Crippen MR) is 193 cm³/mol. The minimum Gasteiger partial charge on any atom is -0.469 e. The summed E-state index contributed by atoms with van der Waals surface area (Å²) in [5, 5.41) is 0.745. The highest BCUT2D eigenvalue weighted by molar-refractivity contribution is 5.83. The summed E-state index contributed by atoms with van der Waals surface area (Å²) in [6.45, 7) is 15.2. The summed E-state index contributed by atoms with van der Waals surface area (Å²) < 4.78 is 7.06. The van der Waals surface area contributed by atoms with Crippen LogP contribution in [-0.2, 0) is 29.7 Å². The highest BCUT2D eigenvalue weighted by Crippen LogP contribution is 2.28. The van der Waals surface area contributed by atoms with Crippen LogP contribution in [0, 0.1) is 12.8 Å². The van der Waals surface area contributed by atoms with E-state index in [2.05, 4.69) is 80.6 Å². The van der Waals surface area contributed by atoms with Gasteiger partial charge in [0.15, 0.2) is 5.43 Å². The molecule has 254 valence electrons. The molecule has 0 unspecified atom stereocenters. The summed E-state index contributed by atoms with van der Waals surface area (Å²) in [7, 11) is 3.50. The molecular formula is C39H55N5O3. The molecule has 8 nitrogen and oxygen atoms in total. The number of pyridine rings is 2. The molecule has 1 aromatic carbocycles. The number of fused-ring (bicyclic) bond motifs is 1. The van der Waals surface area contributed by atoms with Gasteiger partial charge in [0.25, 0.3) is 0 Å². The third kappa shape index (κ3) is 8.92. The number of likely N-dealkylation sites (tertiary alicyclic amines) is 1. The van der Waals surface area contributed by atoms with Crippen molar-refractivity contribution in [1.29, 1.82) is 0 Å². The van der Waals surface area contributed by atoms with Crippen molar-refractivity contribution >= 4 is 22.6 Å². The number of piperidine rings is 2. The van der Waals surface area contributed by atoms with E-state index in [1.54, 1.807) is 0 Å². The maximum Gasteiger partial charge on any atom is 0.308 e. The van der Waals surface area contributed by atoms with E-state index in [0.29, 0.717) is 12.6 Å². The first-order valence-electron chi connectivity index (χ1n) is 17.5. The Morgan fingerprint density at radius 3 is 2.53 bits per heavy atom. The van der Waals surface area contributed by atoms with Crippen molar-refractivity contribution in [2.75, 3.05) is 38.2 Å². The standard InChI is InChI=1S/C37H49N5O3.C2H6/c1-6-8-10-31(7-2)41-18-9-11-33(26-41)42(23-28-14-17-38-27(3)21-28)25-30-24-39(4)35-22-32(12-13-34(35)36(30)43)40-19-15-29(16-20-40)37(44)45-5;1-2/h7-8,10,12-14,17,21-22,24,29,33H,6,9,11,15-16,18-20,23,25-26H2,1-5H3;1-2H3/b10-8-,31-7+;/t33-;/m0./s1. The third-order valence-corrected chi connectivity index (χ3v) is 9.46. The molecule has 0 N–H and O–H groups in total. The third-order valence-electron chi connectivity index (χ3n) is 9.46. The van der Waals surface area contributed by atoms with Gasteiger partial charge < -0.3 is 19.1 Å². The minimum absolute atomic E-state index is 0.0359. The van der Waals surface area contributed by atoms with Crippen LogP contribution in [0.5, 0.6) is 0 Å². The first-order chi connectivity index (χ1) is 22.8. The van der Waals surface area contributed by atoms with E-state index in [9.17, 15) is 9.59 Å². The molecule has 2 aliphatic rings. The number of nitrogens with zero attached hydrogens (tertiary/aromatic N) is 5. The Labute approximate surface area is 281 Å². The molecule has 2 aromatic heterocycles. The lowest BCUT2D eigenvalue weighted by Crippen LogP contribution is -2.47.